The van der Waals surface area contributed by atoms with Crippen LogP contribution in [0, 0.1) is 0 Å². The quantitative estimate of drug-likeness (QED) is 0.200. The number of hydrogen-bond donors (Lipinski definition) is 0. The molecule has 1 nitrogen and oxygen atoms in total. The van der Waals surface area contributed by atoms with Crippen LogP contribution in [0.25, 0.3) is 87.6 Å². The molecule has 0 saturated heterocycles. The van der Waals surface area contributed by atoms with Crippen LogP contribution in [0.3, 0.4) is 0 Å². The van der Waals surface area contributed by atoms with E-state index in [4.69, 9.17) is 4.42 Å². The van der Waals surface area contributed by atoms with Gasteiger partial charge in [-0.3, -0.25) is 0 Å². The summed E-state index contributed by atoms with van der Waals surface area (Å²) in [5, 5.41) is 7.28. The number of rotatable bonds is 3. The van der Waals surface area contributed by atoms with Crippen molar-refractivity contribution >= 4 is 54.3 Å². The SMILES string of the molecule is [2H]c1c(-c2c3ccccc3c(-c3ccc(-c4ccccc4)cc3)c3ccccc23)c([2H])c2oc3cc4ccccc4cc3c2c1[2H]. The molecule has 1 aromatic heterocycles. The number of benzene rings is 8. The van der Waals surface area contributed by atoms with Gasteiger partial charge in [0.05, 0.1) is 4.11 Å². The summed E-state index contributed by atoms with van der Waals surface area (Å²) in [6, 6.07) is 47.7. The summed E-state index contributed by atoms with van der Waals surface area (Å²) in [6.07, 6.45) is 0. The van der Waals surface area contributed by atoms with Gasteiger partial charge >= 0.3 is 0 Å². The fourth-order valence-electron chi connectivity index (χ4n) is 6.56. The minimum Gasteiger partial charge on any atom is -0.456 e. The van der Waals surface area contributed by atoms with E-state index in [-0.39, 0.29) is 18.1 Å². The molecule has 0 amide bonds. The maximum atomic E-state index is 9.50. The van der Waals surface area contributed by atoms with E-state index in [9.17, 15) is 4.11 Å². The third-order valence-corrected chi connectivity index (χ3v) is 8.57. The van der Waals surface area contributed by atoms with Gasteiger partial charge in [0, 0.05) is 10.8 Å². The maximum absolute atomic E-state index is 9.50. The Morgan fingerprint density at radius 2 is 0.884 bits per heavy atom. The highest BCUT2D eigenvalue weighted by Crippen LogP contribution is 2.45. The molecule has 200 valence electrons. The molecule has 0 saturated carbocycles. The number of fused-ring (bicyclic) bond motifs is 6. The van der Waals surface area contributed by atoms with Gasteiger partial charge in [0.15, 0.2) is 0 Å². The summed E-state index contributed by atoms with van der Waals surface area (Å²) >= 11 is 0. The van der Waals surface area contributed by atoms with Crippen molar-refractivity contribution in [1.29, 1.82) is 0 Å². The van der Waals surface area contributed by atoms with Gasteiger partial charge in [-0.05, 0) is 89.9 Å². The van der Waals surface area contributed by atoms with Crippen molar-refractivity contribution < 1.29 is 8.53 Å². The van der Waals surface area contributed by atoms with Crippen molar-refractivity contribution in [3.05, 3.63) is 158 Å². The smallest absolute Gasteiger partial charge is 0.136 e. The Kier molecular flexibility index (Phi) is 4.63. The first-order valence-electron chi connectivity index (χ1n) is 16.0. The monoisotopic (exact) mass is 549 g/mol. The summed E-state index contributed by atoms with van der Waals surface area (Å²) < 4.78 is 34.5. The normalized spacial score (nSPS) is 12.7. The molecule has 0 fully saturated rings. The predicted octanol–water partition coefficient (Wildman–Crippen LogP) is 12.0. The highest BCUT2D eigenvalue weighted by molar-refractivity contribution is 6.22. The maximum Gasteiger partial charge on any atom is 0.136 e. The van der Waals surface area contributed by atoms with E-state index < -0.39 is 0 Å². The zero-order chi connectivity index (χ0) is 30.9. The van der Waals surface area contributed by atoms with Crippen LogP contribution in [0.4, 0.5) is 0 Å². The van der Waals surface area contributed by atoms with Crippen LogP contribution >= 0.6 is 0 Å². The van der Waals surface area contributed by atoms with Crippen LogP contribution in [0.1, 0.15) is 4.11 Å². The first kappa shape index (κ1) is 21.1. The van der Waals surface area contributed by atoms with E-state index in [1.807, 2.05) is 66.7 Å². The molecule has 8 aromatic carbocycles. The molecule has 0 aliphatic rings. The molecule has 0 radical (unpaired) electrons. The molecule has 9 aromatic rings. The summed E-state index contributed by atoms with van der Waals surface area (Å²) in [4.78, 5) is 0. The van der Waals surface area contributed by atoms with Gasteiger partial charge in [-0.15, -0.1) is 0 Å². The second kappa shape index (κ2) is 9.44. The summed E-state index contributed by atoms with van der Waals surface area (Å²) in [6.45, 7) is 0. The minimum atomic E-state index is 0.0311. The summed E-state index contributed by atoms with van der Waals surface area (Å²) in [5.41, 5.74) is 6.69. The lowest BCUT2D eigenvalue weighted by Crippen LogP contribution is -1.91. The largest absolute Gasteiger partial charge is 0.456 e. The lowest BCUT2D eigenvalue weighted by atomic mass is 9.85. The fourth-order valence-corrected chi connectivity index (χ4v) is 6.56. The molecule has 0 atom stereocenters. The van der Waals surface area contributed by atoms with Crippen molar-refractivity contribution in [1.82, 2.24) is 0 Å². The zero-order valence-electron chi connectivity index (χ0n) is 26.2. The molecular weight excluding hydrogens is 520 g/mol. The molecule has 0 bridgehead atoms. The summed E-state index contributed by atoms with van der Waals surface area (Å²) in [5.74, 6) is 0. The number of furan rings is 1. The van der Waals surface area contributed by atoms with E-state index in [0.29, 0.717) is 22.1 Å². The van der Waals surface area contributed by atoms with Crippen LogP contribution in [-0.4, -0.2) is 0 Å². The summed E-state index contributed by atoms with van der Waals surface area (Å²) in [7, 11) is 0. The minimum absolute atomic E-state index is 0.0311. The van der Waals surface area contributed by atoms with Crippen molar-refractivity contribution in [3.63, 3.8) is 0 Å². The predicted molar refractivity (Wildman–Crippen MR) is 183 cm³/mol. The van der Waals surface area contributed by atoms with E-state index in [0.717, 1.165) is 60.0 Å². The van der Waals surface area contributed by atoms with Gasteiger partial charge in [0.2, 0.25) is 0 Å². The molecule has 0 N–H and O–H groups in total. The Hall–Kier alpha value is -5.66. The van der Waals surface area contributed by atoms with E-state index >= 15 is 0 Å². The van der Waals surface area contributed by atoms with Gasteiger partial charge in [-0.1, -0.05) is 133 Å². The molecule has 0 aliphatic carbocycles. The topological polar surface area (TPSA) is 13.1 Å². The van der Waals surface area contributed by atoms with Crippen molar-refractivity contribution in [2.75, 3.05) is 0 Å². The van der Waals surface area contributed by atoms with Gasteiger partial charge in [-0.2, -0.15) is 0 Å². The fraction of sp³-hybridized carbons (Fsp3) is 0. The Labute approximate surface area is 253 Å². The zero-order valence-corrected chi connectivity index (χ0v) is 23.2. The second-order valence-electron chi connectivity index (χ2n) is 11.0. The van der Waals surface area contributed by atoms with E-state index in [2.05, 4.69) is 72.8 Å². The van der Waals surface area contributed by atoms with Crippen molar-refractivity contribution in [2.24, 2.45) is 0 Å². The highest BCUT2D eigenvalue weighted by atomic mass is 16.3. The van der Waals surface area contributed by atoms with Crippen LogP contribution in [-0.2, 0) is 0 Å². The molecule has 0 aliphatic heterocycles. The Bertz CT molecular complexity index is 2600. The molecule has 0 spiro atoms. The molecular formula is C42H26O. The van der Waals surface area contributed by atoms with E-state index in [1.54, 1.807) is 0 Å². The molecule has 1 heterocycles. The van der Waals surface area contributed by atoms with Crippen LogP contribution in [0.5, 0.6) is 0 Å². The highest BCUT2D eigenvalue weighted by Gasteiger charge is 2.18. The van der Waals surface area contributed by atoms with Crippen LogP contribution in [0.2, 0.25) is 0 Å². The molecule has 0 unspecified atom stereocenters. The van der Waals surface area contributed by atoms with Gasteiger partial charge in [0.25, 0.3) is 0 Å². The lowest BCUT2D eigenvalue weighted by molar-refractivity contribution is 0.669. The number of hydrogen-bond acceptors (Lipinski definition) is 1. The van der Waals surface area contributed by atoms with E-state index in [1.165, 1.54) is 5.56 Å². The Morgan fingerprint density at radius 1 is 0.372 bits per heavy atom. The van der Waals surface area contributed by atoms with Crippen LogP contribution < -0.4 is 0 Å². The first-order valence-corrected chi connectivity index (χ1v) is 14.5. The molecule has 9 rings (SSSR count). The average molecular weight is 550 g/mol. The third kappa shape index (κ3) is 3.79. The average Bonchev–Trinajstić information content (AvgIpc) is 3.48. The van der Waals surface area contributed by atoms with Crippen molar-refractivity contribution in [3.8, 4) is 33.4 Å². The Morgan fingerprint density at radius 3 is 1.53 bits per heavy atom. The van der Waals surface area contributed by atoms with Gasteiger partial charge in [-0.25, -0.2) is 0 Å². The van der Waals surface area contributed by atoms with Crippen molar-refractivity contribution in [2.45, 2.75) is 0 Å². The van der Waals surface area contributed by atoms with Crippen LogP contribution in [0.15, 0.2) is 162 Å². The molecule has 1 heteroatoms. The van der Waals surface area contributed by atoms with Gasteiger partial charge in [0.1, 0.15) is 11.2 Å². The Balaban J connectivity index is 1.34. The standard InChI is InChI=1S/C42H26O/c1-2-10-27(11-3-1)28-18-20-29(21-19-28)41-34-14-6-8-16-36(34)42(37-17-9-7-15-35(37)41)32-22-23-33-38-24-30-12-4-5-13-31(30)25-40(38)43-39(33)26-32/h1-26H/i22D,23D,26D. The lowest BCUT2D eigenvalue weighted by Gasteiger charge is -2.18. The third-order valence-electron chi connectivity index (χ3n) is 8.57. The second-order valence-corrected chi connectivity index (χ2v) is 11.0. The van der Waals surface area contributed by atoms with Gasteiger partial charge < -0.3 is 4.42 Å². The first-order chi connectivity index (χ1) is 22.6. The molecule has 43 heavy (non-hydrogen) atoms.